The molecule has 1 saturated heterocycles. The minimum atomic E-state index is -2.91. The zero-order chi connectivity index (χ0) is 15.9. The van der Waals surface area contributed by atoms with Gasteiger partial charge in [0.05, 0.1) is 17.0 Å². The number of anilines is 1. The van der Waals surface area contributed by atoms with Gasteiger partial charge in [0.15, 0.2) is 9.84 Å². The first-order chi connectivity index (χ1) is 10.4. The van der Waals surface area contributed by atoms with Crippen LogP contribution in [0.2, 0.25) is 0 Å². The lowest BCUT2D eigenvalue weighted by Gasteiger charge is -2.26. The van der Waals surface area contributed by atoms with Crippen LogP contribution < -0.4 is 4.90 Å². The van der Waals surface area contributed by atoms with E-state index in [1.165, 1.54) is 0 Å². The number of sulfone groups is 1. The molecule has 1 fully saturated rings. The van der Waals surface area contributed by atoms with E-state index < -0.39 is 9.84 Å². The van der Waals surface area contributed by atoms with Crippen molar-refractivity contribution in [2.24, 2.45) is 0 Å². The van der Waals surface area contributed by atoms with E-state index in [1.54, 1.807) is 0 Å². The van der Waals surface area contributed by atoms with Crippen LogP contribution in [0.5, 0.6) is 0 Å². The SMILES string of the molecule is CC(C)c1nc(N(C)C2CCS(=O)(=O)C2)c2ccccc2n1. The topological polar surface area (TPSA) is 63.2 Å². The molecule has 6 heteroatoms. The Bertz CT molecular complexity index is 802. The number of aromatic nitrogens is 2. The van der Waals surface area contributed by atoms with Crippen molar-refractivity contribution in [2.45, 2.75) is 32.2 Å². The van der Waals surface area contributed by atoms with E-state index >= 15 is 0 Å². The van der Waals surface area contributed by atoms with Gasteiger partial charge in [0.1, 0.15) is 11.6 Å². The van der Waals surface area contributed by atoms with Gasteiger partial charge in [0.25, 0.3) is 0 Å². The number of rotatable bonds is 3. The highest BCUT2D eigenvalue weighted by Gasteiger charge is 2.32. The van der Waals surface area contributed by atoms with Crippen molar-refractivity contribution < 1.29 is 8.42 Å². The summed E-state index contributed by atoms with van der Waals surface area (Å²) in [5.41, 5.74) is 0.906. The first kappa shape index (κ1) is 15.2. The van der Waals surface area contributed by atoms with Crippen molar-refractivity contribution in [2.75, 3.05) is 23.5 Å². The maximum Gasteiger partial charge on any atom is 0.152 e. The lowest BCUT2D eigenvalue weighted by molar-refractivity contribution is 0.600. The molecule has 3 rings (SSSR count). The molecule has 2 heterocycles. The van der Waals surface area contributed by atoms with Gasteiger partial charge < -0.3 is 4.90 Å². The zero-order valence-corrected chi connectivity index (χ0v) is 14.0. The largest absolute Gasteiger partial charge is 0.355 e. The summed E-state index contributed by atoms with van der Waals surface area (Å²) in [6, 6.07) is 7.89. The molecule has 0 N–H and O–H groups in total. The average molecular weight is 319 g/mol. The van der Waals surface area contributed by atoms with Crippen LogP contribution in [0, 0.1) is 0 Å². The minimum Gasteiger partial charge on any atom is -0.355 e. The Morgan fingerprint density at radius 2 is 1.95 bits per heavy atom. The molecule has 1 aliphatic heterocycles. The highest BCUT2D eigenvalue weighted by Crippen LogP contribution is 2.29. The number of hydrogen-bond acceptors (Lipinski definition) is 5. The molecule has 0 amide bonds. The molecule has 1 atom stereocenters. The second-order valence-electron chi connectivity index (χ2n) is 6.25. The fourth-order valence-corrected chi connectivity index (χ4v) is 4.63. The highest BCUT2D eigenvalue weighted by molar-refractivity contribution is 7.91. The standard InChI is InChI=1S/C16H21N3O2S/c1-11(2)15-17-14-7-5-4-6-13(14)16(18-15)19(3)12-8-9-22(20,21)10-12/h4-7,11-12H,8-10H2,1-3H3. The predicted molar refractivity (Wildman–Crippen MR) is 89.1 cm³/mol. The third-order valence-corrected chi connectivity index (χ3v) is 5.96. The summed E-state index contributed by atoms with van der Waals surface area (Å²) in [7, 11) is -0.978. The van der Waals surface area contributed by atoms with Gasteiger partial charge in [-0.3, -0.25) is 0 Å². The van der Waals surface area contributed by atoms with Gasteiger partial charge in [-0.15, -0.1) is 0 Å². The van der Waals surface area contributed by atoms with Crippen molar-refractivity contribution >= 4 is 26.6 Å². The Balaban J connectivity index is 2.08. The van der Waals surface area contributed by atoms with Crippen LogP contribution in [-0.4, -0.2) is 43.0 Å². The molecule has 5 nitrogen and oxygen atoms in total. The van der Waals surface area contributed by atoms with Crippen LogP contribution >= 0.6 is 0 Å². The molecule has 0 aliphatic carbocycles. The second-order valence-corrected chi connectivity index (χ2v) is 8.47. The Hall–Kier alpha value is -1.69. The second kappa shape index (κ2) is 5.50. The zero-order valence-electron chi connectivity index (χ0n) is 13.2. The van der Waals surface area contributed by atoms with Crippen LogP contribution in [0.4, 0.5) is 5.82 Å². The van der Waals surface area contributed by atoms with E-state index in [1.807, 2.05) is 36.2 Å². The third-order valence-electron chi connectivity index (χ3n) is 4.21. The lowest BCUT2D eigenvalue weighted by atomic mass is 10.1. The maximum atomic E-state index is 11.8. The number of fused-ring (bicyclic) bond motifs is 1. The molecule has 118 valence electrons. The van der Waals surface area contributed by atoms with E-state index in [9.17, 15) is 8.42 Å². The summed E-state index contributed by atoms with van der Waals surface area (Å²) in [4.78, 5) is 11.3. The quantitative estimate of drug-likeness (QED) is 0.869. The van der Waals surface area contributed by atoms with Gasteiger partial charge in [-0.25, -0.2) is 18.4 Å². The van der Waals surface area contributed by atoms with Gasteiger partial charge in [0.2, 0.25) is 0 Å². The molecular weight excluding hydrogens is 298 g/mol. The number of para-hydroxylation sites is 1. The molecule has 0 saturated carbocycles. The Morgan fingerprint density at radius 1 is 1.23 bits per heavy atom. The monoisotopic (exact) mass is 319 g/mol. The Morgan fingerprint density at radius 3 is 2.59 bits per heavy atom. The van der Waals surface area contributed by atoms with Crippen molar-refractivity contribution in [3.05, 3.63) is 30.1 Å². The highest BCUT2D eigenvalue weighted by atomic mass is 32.2. The number of hydrogen-bond donors (Lipinski definition) is 0. The molecule has 0 bridgehead atoms. The van der Waals surface area contributed by atoms with Crippen molar-refractivity contribution in [3.8, 4) is 0 Å². The third kappa shape index (κ3) is 2.79. The summed E-state index contributed by atoms with van der Waals surface area (Å²) in [5, 5.41) is 0.971. The molecule has 2 aromatic rings. The summed E-state index contributed by atoms with van der Waals surface area (Å²) in [6.45, 7) is 4.13. The van der Waals surface area contributed by atoms with Gasteiger partial charge in [0, 0.05) is 24.4 Å². The summed E-state index contributed by atoms with van der Waals surface area (Å²) < 4.78 is 23.5. The summed E-state index contributed by atoms with van der Waals surface area (Å²) >= 11 is 0. The molecule has 1 aromatic heterocycles. The van der Waals surface area contributed by atoms with E-state index in [2.05, 4.69) is 18.8 Å². The first-order valence-corrected chi connectivity index (χ1v) is 9.39. The first-order valence-electron chi connectivity index (χ1n) is 7.57. The fourth-order valence-electron chi connectivity index (χ4n) is 2.86. The Kier molecular flexibility index (Phi) is 3.80. The lowest BCUT2D eigenvalue weighted by Crippen LogP contribution is -2.33. The molecule has 0 radical (unpaired) electrons. The minimum absolute atomic E-state index is 0.0108. The van der Waals surface area contributed by atoms with Crippen LogP contribution in [0.15, 0.2) is 24.3 Å². The maximum absolute atomic E-state index is 11.8. The molecule has 1 aromatic carbocycles. The predicted octanol–water partition coefficient (Wildman–Crippen LogP) is 2.38. The Labute approximate surface area is 131 Å². The number of nitrogens with zero attached hydrogens (tertiary/aromatic N) is 3. The van der Waals surface area contributed by atoms with Crippen molar-refractivity contribution in [1.29, 1.82) is 0 Å². The van der Waals surface area contributed by atoms with Gasteiger partial charge >= 0.3 is 0 Å². The molecular formula is C16H21N3O2S. The molecule has 1 unspecified atom stereocenters. The molecule has 0 spiro atoms. The van der Waals surface area contributed by atoms with Crippen LogP contribution in [0.1, 0.15) is 32.0 Å². The molecule has 22 heavy (non-hydrogen) atoms. The van der Waals surface area contributed by atoms with Crippen molar-refractivity contribution in [1.82, 2.24) is 9.97 Å². The van der Waals surface area contributed by atoms with Gasteiger partial charge in [-0.05, 0) is 18.6 Å². The molecule has 1 aliphatic rings. The van der Waals surface area contributed by atoms with Crippen molar-refractivity contribution in [3.63, 3.8) is 0 Å². The van der Waals surface area contributed by atoms with Crippen LogP contribution in [0.25, 0.3) is 10.9 Å². The van der Waals surface area contributed by atoms with E-state index in [0.717, 1.165) is 22.5 Å². The van der Waals surface area contributed by atoms with E-state index in [-0.39, 0.29) is 23.5 Å². The fraction of sp³-hybridized carbons (Fsp3) is 0.500. The smallest absolute Gasteiger partial charge is 0.152 e. The average Bonchev–Trinajstić information content (AvgIpc) is 2.85. The number of benzene rings is 1. The van der Waals surface area contributed by atoms with Gasteiger partial charge in [-0.2, -0.15) is 0 Å². The summed E-state index contributed by atoms with van der Waals surface area (Å²) in [6.07, 6.45) is 0.661. The van der Waals surface area contributed by atoms with E-state index in [4.69, 9.17) is 4.98 Å². The van der Waals surface area contributed by atoms with Gasteiger partial charge in [-0.1, -0.05) is 26.0 Å². The normalized spacial score (nSPS) is 20.6. The summed E-state index contributed by atoms with van der Waals surface area (Å²) in [5.74, 6) is 2.32. The van der Waals surface area contributed by atoms with Crippen LogP contribution in [-0.2, 0) is 9.84 Å². The van der Waals surface area contributed by atoms with E-state index in [0.29, 0.717) is 6.42 Å². The van der Waals surface area contributed by atoms with Crippen LogP contribution in [0.3, 0.4) is 0 Å².